The highest BCUT2D eigenvalue weighted by Gasteiger charge is 2.53. The lowest BCUT2D eigenvalue weighted by Crippen LogP contribution is -2.56. The van der Waals surface area contributed by atoms with E-state index in [2.05, 4.69) is 16.6 Å². The van der Waals surface area contributed by atoms with E-state index in [0.29, 0.717) is 0 Å². The lowest BCUT2D eigenvalue weighted by Gasteiger charge is -2.33. The van der Waals surface area contributed by atoms with E-state index >= 15 is 0 Å². The Hall–Kier alpha value is -1.50. The monoisotopic (exact) mass is 364 g/mol. The number of nitrogens with one attached hydrogen (secondary N) is 2. The second-order valence-corrected chi connectivity index (χ2v) is 9.62. The van der Waals surface area contributed by atoms with Crippen molar-refractivity contribution in [2.24, 2.45) is 0 Å². The predicted molar refractivity (Wildman–Crippen MR) is 101 cm³/mol. The Morgan fingerprint density at radius 2 is 1.96 bits per heavy atom. The molecule has 0 aromatic heterocycles. The largest absolute Gasteiger partial charge is 0.598 e. The molecule has 1 aromatic rings. The number of carbonyl (C=O) groups excluding carboxylic acids is 1. The Morgan fingerprint density at radius 3 is 2.44 bits per heavy atom. The van der Waals surface area contributed by atoms with Crippen LogP contribution in [0.4, 0.5) is 4.79 Å². The first-order valence-corrected chi connectivity index (χ1v) is 9.61. The summed E-state index contributed by atoms with van der Waals surface area (Å²) in [7, 11) is 0. The van der Waals surface area contributed by atoms with Gasteiger partial charge in [0.1, 0.15) is 11.4 Å². The smallest absolute Gasteiger partial charge is 0.407 e. The van der Waals surface area contributed by atoms with Crippen molar-refractivity contribution in [3.05, 3.63) is 48.0 Å². The Balaban J connectivity index is 1.96. The molecule has 1 aliphatic carbocycles. The summed E-state index contributed by atoms with van der Waals surface area (Å²) in [5.41, 5.74) is 1.31. The molecule has 1 fully saturated rings. The van der Waals surface area contributed by atoms with Gasteiger partial charge in [0.2, 0.25) is 0 Å². The Labute approximate surface area is 153 Å². The zero-order valence-corrected chi connectivity index (χ0v) is 16.2. The first-order chi connectivity index (χ1) is 11.6. The summed E-state index contributed by atoms with van der Waals surface area (Å²) in [5, 5.41) is 2.96. The van der Waals surface area contributed by atoms with Gasteiger partial charge in [-0.1, -0.05) is 42.5 Å². The molecule has 1 unspecified atom stereocenters. The lowest BCUT2D eigenvalue weighted by atomic mass is 10.0. The molecule has 2 atom stereocenters. The van der Waals surface area contributed by atoms with Crippen LogP contribution in [0.3, 0.4) is 0 Å². The van der Waals surface area contributed by atoms with Gasteiger partial charge in [-0.3, -0.25) is 0 Å². The molecule has 25 heavy (non-hydrogen) atoms. The number of alkyl carbamates (subject to hydrolysis) is 1. The summed E-state index contributed by atoms with van der Waals surface area (Å²) < 4.78 is 20.5. The molecule has 0 heterocycles. The molecule has 0 saturated heterocycles. The minimum Gasteiger partial charge on any atom is -0.598 e. The second-order valence-electron chi connectivity index (χ2n) is 7.62. The summed E-state index contributed by atoms with van der Waals surface area (Å²) in [6.07, 6.45) is 1.15. The summed E-state index contributed by atoms with van der Waals surface area (Å²) >= 11 is -1.25. The zero-order valence-electron chi connectivity index (χ0n) is 15.4. The van der Waals surface area contributed by atoms with E-state index in [1.54, 1.807) is 0 Å². The van der Waals surface area contributed by atoms with Gasteiger partial charge in [-0.2, -0.15) is 0 Å². The molecule has 0 aliphatic heterocycles. The average molecular weight is 365 g/mol. The third-order valence-electron chi connectivity index (χ3n) is 4.18. The molecular weight excluding hydrogens is 336 g/mol. The van der Waals surface area contributed by atoms with E-state index in [1.165, 1.54) is 0 Å². The van der Waals surface area contributed by atoms with Crippen molar-refractivity contribution in [1.29, 1.82) is 0 Å². The standard InChI is InChI=1S/C19H28N2O3S/c1-14(2)16(21-25(23)18(3,4)5)19(11-12-19)20-17(22)24-13-15-9-7-6-8-10-15/h6-10,16,21H,1,11-13H2,2-5H3,(H,20,22)/t16-,25?/m0/s1. The molecule has 2 rings (SSSR count). The summed E-state index contributed by atoms with van der Waals surface area (Å²) in [6, 6.07) is 9.29. The Morgan fingerprint density at radius 1 is 1.36 bits per heavy atom. The molecule has 138 valence electrons. The quantitative estimate of drug-likeness (QED) is 0.574. The maximum absolute atomic E-state index is 12.5. The molecule has 0 spiro atoms. The molecule has 0 bridgehead atoms. The van der Waals surface area contributed by atoms with Crippen molar-refractivity contribution < 1.29 is 14.1 Å². The number of hydrogen-bond acceptors (Lipinski definition) is 4. The average Bonchev–Trinajstić information content (AvgIpc) is 3.30. The fourth-order valence-corrected chi connectivity index (χ4v) is 3.55. The van der Waals surface area contributed by atoms with Gasteiger partial charge in [-0.15, -0.1) is 4.72 Å². The molecule has 5 nitrogen and oxygen atoms in total. The number of benzene rings is 1. The van der Waals surface area contributed by atoms with Gasteiger partial charge in [-0.25, -0.2) is 4.79 Å². The van der Waals surface area contributed by atoms with E-state index in [1.807, 2.05) is 58.0 Å². The lowest BCUT2D eigenvalue weighted by molar-refractivity contribution is 0.132. The van der Waals surface area contributed by atoms with Gasteiger partial charge in [0, 0.05) is 11.4 Å². The van der Waals surface area contributed by atoms with Gasteiger partial charge in [-0.05, 0) is 46.1 Å². The van der Waals surface area contributed by atoms with Crippen molar-refractivity contribution in [2.75, 3.05) is 0 Å². The first-order valence-electron chi connectivity index (χ1n) is 8.46. The Kier molecular flexibility index (Phi) is 6.19. The van der Waals surface area contributed by atoms with Crippen molar-refractivity contribution in [2.45, 2.75) is 63.5 Å². The fraction of sp³-hybridized carbons (Fsp3) is 0.526. The van der Waals surface area contributed by atoms with Gasteiger partial charge < -0.3 is 14.6 Å². The van der Waals surface area contributed by atoms with Crippen molar-refractivity contribution in [3.8, 4) is 0 Å². The molecule has 6 heteroatoms. The SMILES string of the molecule is C=C(C)[C@H](N[S+]([O-])C(C)(C)C)C1(NC(=O)OCc2ccccc2)CC1. The van der Waals surface area contributed by atoms with Gasteiger partial charge in [0.25, 0.3) is 0 Å². The Bertz CT molecular complexity index is 609. The highest BCUT2D eigenvalue weighted by atomic mass is 32.2. The van der Waals surface area contributed by atoms with Crippen molar-refractivity contribution in [3.63, 3.8) is 0 Å². The topological polar surface area (TPSA) is 73.4 Å². The number of amides is 1. The van der Waals surface area contributed by atoms with Crippen LogP contribution in [0.1, 0.15) is 46.1 Å². The van der Waals surface area contributed by atoms with E-state index in [-0.39, 0.29) is 12.6 Å². The highest BCUT2D eigenvalue weighted by molar-refractivity contribution is 7.90. The van der Waals surface area contributed by atoms with Crippen LogP contribution in [0.2, 0.25) is 0 Å². The van der Waals surface area contributed by atoms with E-state index in [0.717, 1.165) is 24.0 Å². The summed E-state index contributed by atoms with van der Waals surface area (Å²) in [4.78, 5) is 12.2. The number of carbonyl (C=O) groups is 1. The van der Waals surface area contributed by atoms with Crippen molar-refractivity contribution in [1.82, 2.24) is 10.0 Å². The molecule has 1 aliphatic rings. The van der Waals surface area contributed by atoms with Gasteiger partial charge in [0.15, 0.2) is 0 Å². The van der Waals surface area contributed by atoms with Crippen LogP contribution in [-0.4, -0.2) is 27.0 Å². The maximum atomic E-state index is 12.5. The summed E-state index contributed by atoms with van der Waals surface area (Å²) in [5.74, 6) is 0. The molecule has 1 aromatic carbocycles. The first kappa shape index (κ1) is 19.8. The third-order valence-corrected chi connectivity index (χ3v) is 5.74. The van der Waals surface area contributed by atoms with Crippen LogP contribution in [-0.2, 0) is 22.7 Å². The van der Waals surface area contributed by atoms with Crippen LogP contribution >= 0.6 is 0 Å². The number of hydrogen-bond donors (Lipinski definition) is 2. The van der Waals surface area contributed by atoms with Crippen molar-refractivity contribution >= 4 is 17.5 Å². The van der Waals surface area contributed by atoms with Crippen LogP contribution in [0.25, 0.3) is 0 Å². The zero-order chi connectivity index (χ0) is 18.7. The predicted octanol–water partition coefficient (Wildman–Crippen LogP) is 3.44. The van der Waals surface area contributed by atoms with E-state index in [9.17, 15) is 9.35 Å². The number of rotatable bonds is 7. The van der Waals surface area contributed by atoms with E-state index < -0.39 is 27.7 Å². The minimum atomic E-state index is -1.25. The molecule has 0 radical (unpaired) electrons. The van der Waals surface area contributed by atoms with Crippen LogP contribution < -0.4 is 10.0 Å². The third kappa shape index (κ3) is 5.49. The van der Waals surface area contributed by atoms with Crippen LogP contribution in [0.5, 0.6) is 0 Å². The van der Waals surface area contributed by atoms with Crippen LogP contribution in [0, 0.1) is 0 Å². The maximum Gasteiger partial charge on any atom is 0.407 e. The second kappa shape index (κ2) is 7.81. The number of ether oxygens (including phenoxy) is 1. The van der Waals surface area contributed by atoms with Gasteiger partial charge >= 0.3 is 6.09 Å². The highest BCUT2D eigenvalue weighted by Crippen LogP contribution is 2.41. The molecular formula is C19H28N2O3S. The molecule has 1 saturated carbocycles. The molecule has 2 N–H and O–H groups in total. The normalized spacial score (nSPS) is 18.1. The molecule has 1 amide bonds. The fourth-order valence-electron chi connectivity index (χ4n) is 2.55. The van der Waals surface area contributed by atoms with Crippen LogP contribution in [0.15, 0.2) is 42.5 Å². The van der Waals surface area contributed by atoms with E-state index in [4.69, 9.17) is 4.74 Å². The van der Waals surface area contributed by atoms with Gasteiger partial charge in [0.05, 0.1) is 11.6 Å². The summed E-state index contributed by atoms with van der Waals surface area (Å²) in [6.45, 7) is 11.8. The minimum absolute atomic E-state index is 0.224.